The Morgan fingerprint density at radius 3 is 2.20 bits per heavy atom. The molecule has 2 aromatic carbocycles. The van der Waals surface area contributed by atoms with E-state index in [0.29, 0.717) is 17.0 Å². The molecule has 1 fully saturated rings. The second-order valence-corrected chi connectivity index (χ2v) is 5.99. The summed E-state index contributed by atoms with van der Waals surface area (Å²) >= 11 is 0. The second-order valence-electron chi connectivity index (χ2n) is 5.99. The monoisotopic (exact) mass is 342 g/mol. The van der Waals surface area contributed by atoms with Gasteiger partial charge < -0.3 is 4.84 Å². The minimum absolute atomic E-state index is 0.0675. The maximum absolute atomic E-state index is 13.2. The van der Waals surface area contributed by atoms with Gasteiger partial charge in [0, 0.05) is 5.56 Å². The summed E-state index contributed by atoms with van der Waals surface area (Å²) in [6, 6.07) is 10.6. The number of hydrogen-bond acceptors (Lipinski definition) is 4. The van der Waals surface area contributed by atoms with Gasteiger partial charge in [-0.3, -0.25) is 9.59 Å². The molecular formula is C18H12F2N2O3. The zero-order valence-corrected chi connectivity index (χ0v) is 12.9. The highest BCUT2D eigenvalue weighted by molar-refractivity contribution is 6.33. The number of halogens is 2. The zero-order chi connectivity index (χ0) is 17.6. The molecule has 25 heavy (non-hydrogen) atoms. The lowest BCUT2D eigenvalue weighted by Crippen LogP contribution is -2.41. The van der Waals surface area contributed by atoms with Crippen molar-refractivity contribution in [2.45, 2.75) is 6.42 Å². The molecule has 2 heterocycles. The standard InChI is InChI=1S/C18H12F2N2O3/c19-12-3-1-11(2-4-12)16-18(10-25-21-16)9-15(23)22(17(18)24)14-7-5-13(20)6-8-14/h1-8H,9-10H2/t18-/m0/s1. The molecule has 1 saturated heterocycles. The number of imide groups is 1. The number of carbonyl (C=O) groups excluding carboxylic acids is 2. The van der Waals surface area contributed by atoms with Gasteiger partial charge in [-0.1, -0.05) is 17.3 Å². The quantitative estimate of drug-likeness (QED) is 0.789. The van der Waals surface area contributed by atoms with Crippen molar-refractivity contribution in [1.82, 2.24) is 0 Å². The van der Waals surface area contributed by atoms with Crippen LogP contribution in [-0.2, 0) is 14.4 Å². The fraction of sp³-hybridized carbons (Fsp3) is 0.167. The molecule has 0 bridgehead atoms. The maximum atomic E-state index is 13.2. The number of carbonyl (C=O) groups is 2. The number of hydrogen-bond donors (Lipinski definition) is 0. The Kier molecular flexibility index (Phi) is 3.38. The normalized spacial score (nSPS) is 22.5. The van der Waals surface area contributed by atoms with Crippen LogP contribution >= 0.6 is 0 Å². The summed E-state index contributed by atoms with van der Waals surface area (Å²) in [6.07, 6.45) is -0.112. The van der Waals surface area contributed by atoms with E-state index in [-0.39, 0.29) is 13.0 Å². The van der Waals surface area contributed by atoms with Gasteiger partial charge in [0.1, 0.15) is 29.4 Å². The van der Waals surface area contributed by atoms with E-state index in [0.717, 1.165) is 4.90 Å². The molecule has 5 nitrogen and oxygen atoms in total. The number of amides is 2. The summed E-state index contributed by atoms with van der Waals surface area (Å²) in [4.78, 5) is 31.7. The molecule has 0 unspecified atom stereocenters. The van der Waals surface area contributed by atoms with Crippen molar-refractivity contribution >= 4 is 23.2 Å². The van der Waals surface area contributed by atoms with Crippen molar-refractivity contribution < 1.29 is 23.2 Å². The third-order valence-electron chi connectivity index (χ3n) is 4.44. The SMILES string of the molecule is O=C1C[C@@]2(CON=C2c2ccc(F)cc2)C(=O)N1c1ccc(F)cc1. The molecule has 0 saturated carbocycles. The summed E-state index contributed by atoms with van der Waals surface area (Å²) in [5, 5.41) is 3.93. The predicted octanol–water partition coefficient (Wildman–Crippen LogP) is 2.65. The highest BCUT2D eigenvalue weighted by Crippen LogP contribution is 2.42. The molecule has 4 rings (SSSR count). The molecule has 1 spiro atoms. The third-order valence-corrected chi connectivity index (χ3v) is 4.44. The minimum Gasteiger partial charge on any atom is -0.394 e. The Morgan fingerprint density at radius 1 is 0.960 bits per heavy atom. The highest BCUT2D eigenvalue weighted by Gasteiger charge is 2.59. The van der Waals surface area contributed by atoms with Crippen molar-refractivity contribution in [2.24, 2.45) is 10.6 Å². The second kappa shape index (κ2) is 5.47. The molecule has 7 heteroatoms. The van der Waals surface area contributed by atoms with Gasteiger partial charge in [0.15, 0.2) is 0 Å². The Bertz CT molecular complexity index is 894. The first-order valence-electron chi connectivity index (χ1n) is 7.61. The molecular weight excluding hydrogens is 330 g/mol. The van der Waals surface area contributed by atoms with Crippen LogP contribution in [0.1, 0.15) is 12.0 Å². The lowest BCUT2D eigenvalue weighted by molar-refractivity contribution is -0.124. The Morgan fingerprint density at radius 2 is 1.56 bits per heavy atom. The molecule has 0 radical (unpaired) electrons. The van der Waals surface area contributed by atoms with Crippen LogP contribution < -0.4 is 4.90 Å². The predicted molar refractivity (Wildman–Crippen MR) is 84.8 cm³/mol. The van der Waals surface area contributed by atoms with Gasteiger partial charge in [0.25, 0.3) is 0 Å². The molecule has 0 N–H and O–H groups in total. The number of oxime groups is 1. The molecule has 0 aliphatic carbocycles. The van der Waals surface area contributed by atoms with Gasteiger partial charge in [-0.05, 0) is 36.4 Å². The van der Waals surface area contributed by atoms with E-state index in [1.54, 1.807) is 0 Å². The number of nitrogens with zero attached hydrogens (tertiary/aromatic N) is 2. The molecule has 2 aliphatic rings. The lowest BCUT2D eigenvalue weighted by atomic mass is 9.79. The van der Waals surface area contributed by atoms with Crippen LogP contribution in [0.5, 0.6) is 0 Å². The minimum atomic E-state index is -1.25. The summed E-state index contributed by atoms with van der Waals surface area (Å²) in [6.45, 7) is -0.0675. The smallest absolute Gasteiger partial charge is 0.250 e. The first-order valence-corrected chi connectivity index (χ1v) is 7.61. The number of anilines is 1. The van der Waals surface area contributed by atoms with Crippen LogP contribution in [0.4, 0.5) is 14.5 Å². The largest absolute Gasteiger partial charge is 0.394 e. The van der Waals surface area contributed by atoms with Crippen LogP contribution in [0.2, 0.25) is 0 Å². The van der Waals surface area contributed by atoms with E-state index in [1.165, 1.54) is 48.5 Å². The van der Waals surface area contributed by atoms with Crippen molar-refractivity contribution in [3.63, 3.8) is 0 Å². The van der Waals surface area contributed by atoms with Crippen LogP contribution in [0.25, 0.3) is 0 Å². The number of rotatable bonds is 2. The van der Waals surface area contributed by atoms with Crippen LogP contribution in [0.3, 0.4) is 0 Å². The zero-order valence-electron chi connectivity index (χ0n) is 12.9. The molecule has 0 aromatic heterocycles. The number of benzene rings is 2. The van der Waals surface area contributed by atoms with E-state index in [9.17, 15) is 18.4 Å². The molecule has 126 valence electrons. The van der Waals surface area contributed by atoms with Crippen molar-refractivity contribution in [2.75, 3.05) is 11.5 Å². The van der Waals surface area contributed by atoms with E-state index in [1.807, 2.05) is 0 Å². The summed E-state index contributed by atoms with van der Waals surface area (Å²) in [5.41, 5.74) is -0.140. The van der Waals surface area contributed by atoms with Crippen LogP contribution in [0.15, 0.2) is 53.7 Å². The first-order chi connectivity index (χ1) is 12.0. The van der Waals surface area contributed by atoms with Crippen molar-refractivity contribution in [1.29, 1.82) is 0 Å². The highest BCUT2D eigenvalue weighted by atomic mass is 19.1. The fourth-order valence-corrected chi connectivity index (χ4v) is 3.19. The third kappa shape index (κ3) is 2.31. The van der Waals surface area contributed by atoms with E-state index in [4.69, 9.17) is 4.84 Å². The van der Waals surface area contributed by atoms with Gasteiger partial charge in [0.05, 0.1) is 12.1 Å². The summed E-state index contributed by atoms with van der Waals surface area (Å²) < 4.78 is 26.3. The van der Waals surface area contributed by atoms with E-state index in [2.05, 4.69) is 5.16 Å². The Labute approximate surface area is 141 Å². The fourth-order valence-electron chi connectivity index (χ4n) is 3.19. The maximum Gasteiger partial charge on any atom is 0.250 e. The molecule has 2 amide bonds. The van der Waals surface area contributed by atoms with Gasteiger partial charge in [-0.25, -0.2) is 13.7 Å². The van der Waals surface area contributed by atoms with Crippen LogP contribution in [0, 0.1) is 17.0 Å². The summed E-state index contributed by atoms with van der Waals surface area (Å²) in [5.74, 6) is -1.78. The molecule has 2 aromatic rings. The molecule has 2 aliphatic heterocycles. The first kappa shape index (κ1) is 15.4. The van der Waals surface area contributed by atoms with Crippen LogP contribution in [-0.4, -0.2) is 24.1 Å². The van der Waals surface area contributed by atoms with Gasteiger partial charge in [0.2, 0.25) is 11.8 Å². The topological polar surface area (TPSA) is 59.0 Å². The lowest BCUT2D eigenvalue weighted by Gasteiger charge is -2.21. The van der Waals surface area contributed by atoms with E-state index >= 15 is 0 Å². The van der Waals surface area contributed by atoms with Gasteiger partial charge in [-0.2, -0.15) is 0 Å². The Balaban J connectivity index is 1.74. The summed E-state index contributed by atoms with van der Waals surface area (Å²) in [7, 11) is 0. The van der Waals surface area contributed by atoms with Gasteiger partial charge in [-0.15, -0.1) is 0 Å². The van der Waals surface area contributed by atoms with Crippen molar-refractivity contribution in [3.8, 4) is 0 Å². The average Bonchev–Trinajstić information content (AvgIpc) is 3.12. The van der Waals surface area contributed by atoms with Crippen molar-refractivity contribution in [3.05, 3.63) is 65.7 Å². The van der Waals surface area contributed by atoms with Gasteiger partial charge >= 0.3 is 0 Å². The van der Waals surface area contributed by atoms with E-state index < -0.39 is 28.9 Å². The molecule has 1 atom stereocenters. The average molecular weight is 342 g/mol. The Hall–Kier alpha value is -3.09.